The highest BCUT2D eigenvalue weighted by Crippen LogP contribution is 2.20. The normalized spacial score (nSPS) is 13.0. The molecular formula is C24H32N4O5S. The summed E-state index contributed by atoms with van der Waals surface area (Å²) >= 11 is 0. The van der Waals surface area contributed by atoms with E-state index < -0.39 is 27.7 Å². The number of nitrogens with zero attached hydrogens (tertiary/aromatic N) is 2. The second-order valence-corrected chi connectivity index (χ2v) is 10.8. The van der Waals surface area contributed by atoms with Gasteiger partial charge in [0.2, 0.25) is 15.9 Å². The van der Waals surface area contributed by atoms with E-state index in [1.165, 1.54) is 16.7 Å². The van der Waals surface area contributed by atoms with Gasteiger partial charge < -0.3 is 14.6 Å². The summed E-state index contributed by atoms with van der Waals surface area (Å²) in [5.74, 6) is -0.873. The fourth-order valence-electron chi connectivity index (χ4n) is 3.53. The number of carbonyl (C=O) groups is 1. The summed E-state index contributed by atoms with van der Waals surface area (Å²) < 4.78 is 35.1. The first-order chi connectivity index (χ1) is 16.0. The maximum atomic E-state index is 13.1. The molecule has 0 radical (unpaired) electrons. The predicted molar refractivity (Wildman–Crippen MR) is 132 cm³/mol. The number of hydrogen-bond acceptors (Lipinski definition) is 6. The molecule has 9 nitrogen and oxygen atoms in total. The number of anilines is 1. The van der Waals surface area contributed by atoms with Gasteiger partial charge in [0.25, 0.3) is 0 Å². The second-order valence-electron chi connectivity index (χ2n) is 9.11. The monoisotopic (exact) mass is 488 g/mol. The topological polar surface area (TPSA) is 114 Å². The smallest absolute Gasteiger partial charge is 0.408 e. The molecule has 0 aliphatic carbocycles. The number of oxazole rings is 1. The van der Waals surface area contributed by atoms with Gasteiger partial charge in [0.1, 0.15) is 6.04 Å². The highest BCUT2D eigenvalue weighted by Gasteiger charge is 2.27. The van der Waals surface area contributed by atoms with E-state index in [0.717, 1.165) is 5.56 Å². The van der Waals surface area contributed by atoms with Crippen LogP contribution >= 0.6 is 0 Å². The average molecular weight is 489 g/mol. The van der Waals surface area contributed by atoms with E-state index in [4.69, 9.17) is 4.42 Å². The number of aryl methyl sites for hydroxylation is 1. The standard InChI is InChI=1S/C24H32N4O5S/c1-16(2)14-20(26-34(31,32)19-9-6-17(3)7-10-19)23(29)25-18-8-11-22-21(15-18)28(24(30)33-22)13-12-27(4)5/h6-11,15-16,20,26H,12-14H2,1-5H3,(H,25,29). The van der Waals surface area contributed by atoms with Crippen LogP contribution in [0.3, 0.4) is 0 Å². The van der Waals surface area contributed by atoms with Crippen LogP contribution in [-0.4, -0.2) is 50.5 Å². The second kappa shape index (κ2) is 10.5. The molecule has 10 heteroatoms. The highest BCUT2D eigenvalue weighted by molar-refractivity contribution is 7.89. The minimum absolute atomic E-state index is 0.0732. The Morgan fingerprint density at radius 1 is 1.12 bits per heavy atom. The van der Waals surface area contributed by atoms with Gasteiger partial charge in [0.15, 0.2) is 5.58 Å². The number of sulfonamides is 1. The lowest BCUT2D eigenvalue weighted by Gasteiger charge is -2.20. The number of hydrogen-bond donors (Lipinski definition) is 2. The van der Waals surface area contributed by atoms with Crippen LogP contribution in [0.4, 0.5) is 5.69 Å². The molecule has 1 aromatic heterocycles. The summed E-state index contributed by atoms with van der Waals surface area (Å²) in [6.45, 7) is 6.78. The summed E-state index contributed by atoms with van der Waals surface area (Å²) in [6.07, 6.45) is 0.318. The predicted octanol–water partition coefficient (Wildman–Crippen LogP) is 2.80. The van der Waals surface area contributed by atoms with Crippen molar-refractivity contribution in [3.05, 3.63) is 58.6 Å². The van der Waals surface area contributed by atoms with Gasteiger partial charge >= 0.3 is 5.76 Å². The summed E-state index contributed by atoms with van der Waals surface area (Å²) in [7, 11) is -0.0722. The van der Waals surface area contributed by atoms with E-state index in [2.05, 4.69) is 10.0 Å². The van der Waals surface area contributed by atoms with Crippen LogP contribution in [0.15, 0.2) is 56.6 Å². The Hall–Kier alpha value is -2.95. The number of carbonyl (C=O) groups excluding carboxylic acids is 1. The van der Waals surface area contributed by atoms with Crippen LogP contribution in [-0.2, 0) is 21.4 Å². The molecule has 34 heavy (non-hydrogen) atoms. The molecule has 0 fully saturated rings. The molecule has 2 aromatic carbocycles. The number of fused-ring (bicyclic) bond motifs is 1. The van der Waals surface area contributed by atoms with Gasteiger partial charge in [-0.05, 0) is 63.7 Å². The average Bonchev–Trinajstić information content (AvgIpc) is 3.05. The summed E-state index contributed by atoms with van der Waals surface area (Å²) in [5.41, 5.74) is 2.36. The van der Waals surface area contributed by atoms with Gasteiger partial charge in [-0.15, -0.1) is 0 Å². The SMILES string of the molecule is Cc1ccc(S(=O)(=O)NC(CC(C)C)C(=O)Nc2ccc3oc(=O)n(CCN(C)C)c3c2)cc1. The van der Waals surface area contributed by atoms with Gasteiger partial charge in [0.05, 0.1) is 10.4 Å². The molecule has 1 amide bonds. The molecule has 0 saturated carbocycles. The van der Waals surface area contributed by atoms with E-state index in [-0.39, 0.29) is 10.8 Å². The molecule has 0 spiro atoms. The lowest BCUT2D eigenvalue weighted by Crippen LogP contribution is -2.44. The van der Waals surface area contributed by atoms with Crippen LogP contribution < -0.4 is 15.8 Å². The third-order valence-electron chi connectivity index (χ3n) is 5.36. The molecule has 0 aliphatic heterocycles. The van der Waals surface area contributed by atoms with Crippen LogP contribution in [0.1, 0.15) is 25.8 Å². The van der Waals surface area contributed by atoms with Crippen molar-refractivity contribution in [3.8, 4) is 0 Å². The maximum Gasteiger partial charge on any atom is 0.419 e. The number of nitrogens with one attached hydrogen (secondary N) is 2. The lowest BCUT2D eigenvalue weighted by atomic mass is 10.0. The van der Waals surface area contributed by atoms with E-state index in [0.29, 0.717) is 36.3 Å². The van der Waals surface area contributed by atoms with Crippen molar-refractivity contribution in [1.29, 1.82) is 0 Å². The van der Waals surface area contributed by atoms with Gasteiger partial charge in [-0.1, -0.05) is 31.5 Å². The number of likely N-dealkylation sites (N-methyl/N-ethyl adjacent to an activating group) is 1. The molecule has 0 bridgehead atoms. The van der Waals surface area contributed by atoms with Crippen molar-refractivity contribution in [1.82, 2.24) is 14.2 Å². The first kappa shape index (κ1) is 25.7. The Labute approximate surface area is 199 Å². The van der Waals surface area contributed by atoms with Crippen molar-refractivity contribution >= 4 is 32.7 Å². The maximum absolute atomic E-state index is 13.1. The molecule has 184 valence electrons. The summed E-state index contributed by atoms with van der Waals surface area (Å²) in [6, 6.07) is 10.4. The molecule has 0 saturated heterocycles. The van der Waals surface area contributed by atoms with Crippen LogP contribution in [0.5, 0.6) is 0 Å². The summed E-state index contributed by atoms with van der Waals surface area (Å²) in [5, 5.41) is 2.79. The van der Waals surface area contributed by atoms with Crippen LogP contribution in [0.25, 0.3) is 11.1 Å². The Morgan fingerprint density at radius 3 is 2.41 bits per heavy atom. The highest BCUT2D eigenvalue weighted by atomic mass is 32.2. The Morgan fingerprint density at radius 2 is 1.79 bits per heavy atom. The minimum Gasteiger partial charge on any atom is -0.408 e. The largest absolute Gasteiger partial charge is 0.419 e. The van der Waals surface area contributed by atoms with E-state index in [1.54, 1.807) is 30.3 Å². The third kappa shape index (κ3) is 6.34. The Balaban J connectivity index is 1.84. The molecule has 3 rings (SSSR count). The first-order valence-electron chi connectivity index (χ1n) is 11.1. The fourth-order valence-corrected chi connectivity index (χ4v) is 4.74. The number of amides is 1. The van der Waals surface area contributed by atoms with E-state index >= 15 is 0 Å². The molecule has 1 heterocycles. The zero-order chi connectivity index (χ0) is 25.0. The first-order valence-corrected chi connectivity index (χ1v) is 12.6. The molecule has 0 aliphatic rings. The molecule has 3 aromatic rings. The quantitative estimate of drug-likeness (QED) is 0.454. The Bertz CT molecular complexity index is 1310. The number of aromatic nitrogens is 1. The lowest BCUT2D eigenvalue weighted by molar-refractivity contribution is -0.118. The molecule has 1 atom stereocenters. The van der Waals surface area contributed by atoms with Gasteiger partial charge in [0, 0.05) is 18.8 Å². The Kier molecular flexibility index (Phi) is 7.96. The van der Waals surface area contributed by atoms with Crippen molar-refractivity contribution in [3.63, 3.8) is 0 Å². The molecule has 2 N–H and O–H groups in total. The number of benzene rings is 2. The zero-order valence-electron chi connectivity index (χ0n) is 20.2. The van der Waals surface area contributed by atoms with E-state index in [1.807, 2.05) is 39.8 Å². The van der Waals surface area contributed by atoms with Gasteiger partial charge in [-0.3, -0.25) is 9.36 Å². The van der Waals surface area contributed by atoms with Crippen molar-refractivity contribution in [2.24, 2.45) is 5.92 Å². The minimum atomic E-state index is -3.89. The van der Waals surface area contributed by atoms with Crippen LogP contribution in [0, 0.1) is 12.8 Å². The zero-order valence-corrected chi connectivity index (χ0v) is 21.0. The summed E-state index contributed by atoms with van der Waals surface area (Å²) in [4.78, 5) is 27.4. The van der Waals surface area contributed by atoms with E-state index in [9.17, 15) is 18.0 Å². The van der Waals surface area contributed by atoms with Crippen molar-refractivity contribution in [2.45, 2.75) is 44.7 Å². The van der Waals surface area contributed by atoms with Crippen molar-refractivity contribution < 1.29 is 17.6 Å². The van der Waals surface area contributed by atoms with Gasteiger partial charge in [-0.25, -0.2) is 13.2 Å². The fraction of sp³-hybridized carbons (Fsp3) is 0.417. The van der Waals surface area contributed by atoms with Gasteiger partial charge in [-0.2, -0.15) is 4.72 Å². The van der Waals surface area contributed by atoms with Crippen molar-refractivity contribution in [2.75, 3.05) is 26.0 Å². The third-order valence-corrected chi connectivity index (χ3v) is 6.85. The molecular weight excluding hydrogens is 456 g/mol. The van der Waals surface area contributed by atoms with Crippen LogP contribution in [0.2, 0.25) is 0 Å². The molecule has 1 unspecified atom stereocenters. The number of rotatable bonds is 10.